The van der Waals surface area contributed by atoms with Gasteiger partial charge in [0.05, 0.1) is 7.11 Å². The number of nitrogens with zero attached hydrogens (tertiary/aromatic N) is 1. The summed E-state index contributed by atoms with van der Waals surface area (Å²) in [4.78, 5) is 25.2. The Morgan fingerprint density at radius 1 is 1.57 bits per heavy atom. The fraction of sp³-hybridized carbons (Fsp3) is 0.375. The minimum absolute atomic E-state index is 0.0156. The predicted octanol–water partition coefficient (Wildman–Crippen LogP) is 0.397. The highest BCUT2D eigenvalue weighted by Crippen LogP contribution is 2.12. The molecule has 6 nitrogen and oxygen atoms in total. The first kappa shape index (κ1) is 10.2. The molecule has 6 heteroatoms. The summed E-state index contributed by atoms with van der Waals surface area (Å²) in [6, 6.07) is 0. The monoisotopic (exact) mass is 199 g/mol. The fourth-order valence-corrected chi connectivity index (χ4v) is 0.983. The summed E-state index contributed by atoms with van der Waals surface area (Å²) in [7, 11) is 1.19. The van der Waals surface area contributed by atoms with Crippen molar-refractivity contribution >= 4 is 11.9 Å². The highest BCUT2D eigenvalue weighted by molar-refractivity contribution is 5.89. The smallest absolute Gasteiger partial charge is 0.360 e. The van der Waals surface area contributed by atoms with Gasteiger partial charge in [-0.1, -0.05) is 0 Å². The summed E-state index contributed by atoms with van der Waals surface area (Å²) in [6.07, 6.45) is -0.384. The minimum atomic E-state index is -1.09. The Hall–Kier alpha value is -1.85. The number of aromatic nitrogens is 1. The highest BCUT2D eigenvalue weighted by Gasteiger charge is 2.20. The molecular formula is C8H9NO5. The van der Waals surface area contributed by atoms with Gasteiger partial charge >= 0.3 is 11.9 Å². The molecule has 1 heterocycles. The van der Waals surface area contributed by atoms with Crippen LogP contribution in [0.15, 0.2) is 4.42 Å². The van der Waals surface area contributed by atoms with E-state index < -0.39 is 11.9 Å². The van der Waals surface area contributed by atoms with Crippen LogP contribution in [0.1, 0.15) is 22.1 Å². The number of aliphatic carboxylic acids is 1. The maximum absolute atomic E-state index is 11.1. The number of carbonyl (C=O) groups is 2. The first-order valence-electron chi connectivity index (χ1n) is 3.81. The second-order valence-electron chi connectivity index (χ2n) is 2.57. The molecule has 0 saturated carbocycles. The number of aryl methyl sites for hydroxylation is 1. The second-order valence-corrected chi connectivity index (χ2v) is 2.57. The zero-order valence-electron chi connectivity index (χ0n) is 7.73. The van der Waals surface area contributed by atoms with Gasteiger partial charge in [-0.2, -0.15) is 0 Å². The van der Waals surface area contributed by atoms with Crippen molar-refractivity contribution in [2.45, 2.75) is 13.3 Å². The molecule has 1 rings (SSSR count). The Labute approximate surface area is 79.5 Å². The Kier molecular flexibility index (Phi) is 2.85. The van der Waals surface area contributed by atoms with Crippen molar-refractivity contribution in [3.63, 3.8) is 0 Å². The number of carboxylic acids is 1. The first-order valence-corrected chi connectivity index (χ1v) is 3.81. The van der Waals surface area contributed by atoms with Crippen LogP contribution < -0.4 is 0 Å². The maximum atomic E-state index is 11.1. The van der Waals surface area contributed by atoms with Crippen molar-refractivity contribution in [2.24, 2.45) is 0 Å². The predicted molar refractivity (Wildman–Crippen MR) is 43.9 cm³/mol. The van der Waals surface area contributed by atoms with Gasteiger partial charge in [0, 0.05) is 6.92 Å². The molecule has 0 saturated heterocycles. The topological polar surface area (TPSA) is 89.6 Å². The summed E-state index contributed by atoms with van der Waals surface area (Å²) < 4.78 is 9.37. The van der Waals surface area contributed by atoms with Crippen LogP contribution in [0.2, 0.25) is 0 Å². The quantitative estimate of drug-likeness (QED) is 0.708. The third-order valence-electron chi connectivity index (χ3n) is 1.49. The van der Waals surface area contributed by atoms with Crippen molar-refractivity contribution in [1.82, 2.24) is 4.98 Å². The second kappa shape index (κ2) is 3.91. The van der Waals surface area contributed by atoms with Gasteiger partial charge in [-0.3, -0.25) is 4.79 Å². The van der Waals surface area contributed by atoms with Crippen molar-refractivity contribution in [2.75, 3.05) is 7.11 Å². The molecule has 0 aliphatic rings. The van der Waals surface area contributed by atoms with Crippen LogP contribution >= 0.6 is 0 Å². The number of hydrogen-bond donors (Lipinski definition) is 1. The number of methoxy groups -OCH3 is 1. The molecule has 0 amide bonds. The third kappa shape index (κ3) is 2.09. The van der Waals surface area contributed by atoms with Crippen LogP contribution in [-0.4, -0.2) is 29.1 Å². The van der Waals surface area contributed by atoms with E-state index in [1.165, 1.54) is 14.0 Å². The molecule has 0 fully saturated rings. The average Bonchev–Trinajstić information content (AvgIpc) is 2.44. The van der Waals surface area contributed by atoms with Crippen molar-refractivity contribution in [1.29, 1.82) is 0 Å². The van der Waals surface area contributed by atoms with E-state index in [4.69, 9.17) is 9.52 Å². The molecule has 0 bridgehead atoms. The molecule has 0 spiro atoms. The third-order valence-corrected chi connectivity index (χ3v) is 1.49. The lowest BCUT2D eigenvalue weighted by atomic mass is 10.2. The van der Waals surface area contributed by atoms with Crippen LogP contribution in [0, 0.1) is 6.92 Å². The largest absolute Gasteiger partial charge is 0.481 e. The molecular weight excluding hydrogens is 190 g/mol. The van der Waals surface area contributed by atoms with Crippen LogP contribution in [0.3, 0.4) is 0 Å². The van der Waals surface area contributed by atoms with E-state index in [0.29, 0.717) is 0 Å². The van der Waals surface area contributed by atoms with Gasteiger partial charge in [0.25, 0.3) is 0 Å². The van der Waals surface area contributed by atoms with E-state index >= 15 is 0 Å². The van der Waals surface area contributed by atoms with Crippen LogP contribution in [0.5, 0.6) is 0 Å². The molecule has 1 N–H and O–H groups in total. The van der Waals surface area contributed by atoms with Gasteiger partial charge in [0.15, 0.2) is 17.3 Å². The van der Waals surface area contributed by atoms with Crippen LogP contribution in [0.25, 0.3) is 0 Å². The molecule has 0 aromatic carbocycles. The minimum Gasteiger partial charge on any atom is -0.481 e. The standard InChI is InChI=1S/C8H9NO5/c1-4-9-7(8(12)13-2)5(14-4)3-6(10)11/h3H2,1-2H3,(H,10,11). The number of oxazole rings is 1. The number of rotatable bonds is 3. The molecule has 0 radical (unpaired) electrons. The fourth-order valence-electron chi connectivity index (χ4n) is 0.983. The lowest BCUT2D eigenvalue weighted by Crippen LogP contribution is -2.08. The summed E-state index contributed by atoms with van der Waals surface area (Å²) >= 11 is 0. The number of hydrogen-bond acceptors (Lipinski definition) is 5. The molecule has 0 aliphatic heterocycles. The van der Waals surface area contributed by atoms with Crippen LogP contribution in [0.4, 0.5) is 0 Å². The Bertz CT molecular complexity index is 368. The summed E-state index contributed by atoms with van der Waals surface area (Å²) in [6.45, 7) is 1.53. The number of carbonyl (C=O) groups excluding carboxylic acids is 1. The summed E-state index contributed by atoms with van der Waals surface area (Å²) in [5, 5.41) is 8.52. The van der Waals surface area contributed by atoms with E-state index in [1.54, 1.807) is 0 Å². The van der Waals surface area contributed by atoms with Crippen LogP contribution in [-0.2, 0) is 16.0 Å². The Balaban J connectivity index is 3.02. The normalized spacial score (nSPS) is 9.86. The van der Waals surface area contributed by atoms with E-state index in [9.17, 15) is 9.59 Å². The number of ether oxygens (including phenoxy) is 1. The van der Waals surface area contributed by atoms with Gasteiger partial charge in [-0.05, 0) is 0 Å². The molecule has 0 aliphatic carbocycles. The SMILES string of the molecule is COC(=O)c1nc(C)oc1CC(=O)O. The molecule has 14 heavy (non-hydrogen) atoms. The lowest BCUT2D eigenvalue weighted by molar-refractivity contribution is -0.136. The Morgan fingerprint density at radius 2 is 2.21 bits per heavy atom. The van der Waals surface area contributed by atoms with E-state index in [2.05, 4.69) is 9.72 Å². The van der Waals surface area contributed by atoms with E-state index in [-0.39, 0.29) is 23.8 Å². The van der Waals surface area contributed by atoms with Gasteiger partial charge in [-0.25, -0.2) is 9.78 Å². The van der Waals surface area contributed by atoms with E-state index in [0.717, 1.165) is 0 Å². The van der Waals surface area contributed by atoms with Gasteiger partial charge in [0.1, 0.15) is 6.42 Å². The van der Waals surface area contributed by atoms with E-state index in [1.807, 2.05) is 0 Å². The number of esters is 1. The van der Waals surface area contributed by atoms with Gasteiger partial charge in [-0.15, -0.1) is 0 Å². The van der Waals surface area contributed by atoms with Gasteiger partial charge < -0.3 is 14.3 Å². The first-order chi connectivity index (χ1) is 6.54. The lowest BCUT2D eigenvalue weighted by Gasteiger charge is -1.95. The van der Waals surface area contributed by atoms with Crippen molar-refractivity contribution in [3.05, 3.63) is 17.3 Å². The average molecular weight is 199 g/mol. The number of carboxylic acid groups (broad SMARTS) is 1. The van der Waals surface area contributed by atoms with Crippen molar-refractivity contribution < 1.29 is 23.8 Å². The highest BCUT2D eigenvalue weighted by atomic mass is 16.5. The molecule has 0 atom stereocenters. The summed E-state index contributed by atoms with van der Waals surface area (Å²) in [5.74, 6) is -1.53. The Morgan fingerprint density at radius 3 is 2.71 bits per heavy atom. The summed E-state index contributed by atoms with van der Waals surface area (Å²) in [5.41, 5.74) is -0.0765. The van der Waals surface area contributed by atoms with Crippen molar-refractivity contribution in [3.8, 4) is 0 Å². The zero-order chi connectivity index (χ0) is 10.7. The molecule has 76 valence electrons. The zero-order valence-corrected chi connectivity index (χ0v) is 7.73. The van der Waals surface area contributed by atoms with Gasteiger partial charge in [0.2, 0.25) is 0 Å². The molecule has 1 aromatic rings. The molecule has 0 unspecified atom stereocenters. The molecule has 1 aromatic heterocycles. The maximum Gasteiger partial charge on any atom is 0.360 e.